The Labute approximate surface area is 165 Å². The Morgan fingerprint density at radius 3 is 2.41 bits per heavy atom. The highest BCUT2D eigenvalue weighted by Gasteiger charge is 2.23. The van der Waals surface area contributed by atoms with Gasteiger partial charge >= 0.3 is 0 Å². The van der Waals surface area contributed by atoms with Crippen LogP contribution < -0.4 is 4.74 Å². The van der Waals surface area contributed by atoms with Crippen LogP contribution in [0.3, 0.4) is 0 Å². The molecular weight excluding hydrogens is 376 g/mol. The fraction of sp³-hybridized carbons (Fsp3) is 0.0455. The molecule has 0 aliphatic carbocycles. The zero-order valence-corrected chi connectivity index (χ0v) is 15.1. The Hall–Kier alpha value is -3.87. The predicted octanol–water partition coefficient (Wildman–Crippen LogP) is 4.60. The molecule has 0 atom stereocenters. The molecule has 5 nitrogen and oxygen atoms in total. The molecule has 2 heterocycles. The minimum atomic E-state index is -0.668. The van der Waals surface area contributed by atoms with Crippen molar-refractivity contribution in [1.82, 2.24) is 14.8 Å². The summed E-state index contributed by atoms with van der Waals surface area (Å²) in [6.07, 6.45) is 1.85. The largest absolute Gasteiger partial charge is 0.471 e. The molecule has 0 aliphatic rings. The Kier molecular flexibility index (Phi) is 5.11. The average Bonchev–Trinajstić information content (AvgIpc) is 3.12. The predicted molar refractivity (Wildman–Crippen MR) is 103 cm³/mol. The number of carbonyl (C=O) groups excluding carboxylic acids is 1. The number of hydrogen-bond acceptors (Lipinski definition) is 4. The van der Waals surface area contributed by atoms with Crippen LogP contribution in [0.2, 0.25) is 0 Å². The lowest BCUT2D eigenvalue weighted by Gasteiger charge is -2.08. The van der Waals surface area contributed by atoms with E-state index in [-0.39, 0.29) is 29.4 Å². The molecule has 144 valence electrons. The number of pyridine rings is 1. The minimum Gasteiger partial charge on any atom is -0.471 e. The third-order valence-corrected chi connectivity index (χ3v) is 4.31. The van der Waals surface area contributed by atoms with Crippen LogP contribution >= 0.6 is 0 Å². The van der Waals surface area contributed by atoms with E-state index in [4.69, 9.17) is 4.74 Å². The van der Waals surface area contributed by atoms with Gasteiger partial charge in [-0.25, -0.2) is 14.1 Å². The molecule has 0 N–H and O–H groups in total. The van der Waals surface area contributed by atoms with E-state index in [0.29, 0.717) is 11.8 Å². The summed E-state index contributed by atoms with van der Waals surface area (Å²) >= 11 is 0. The average molecular weight is 391 g/mol. The highest BCUT2D eigenvalue weighted by Crippen LogP contribution is 2.32. The summed E-state index contributed by atoms with van der Waals surface area (Å²) in [6.45, 7) is 0.178. The number of aromatic nitrogens is 3. The van der Waals surface area contributed by atoms with Gasteiger partial charge in [-0.05, 0) is 29.8 Å². The maximum absolute atomic E-state index is 14.5. The molecule has 0 saturated carbocycles. The van der Waals surface area contributed by atoms with E-state index in [0.717, 1.165) is 11.6 Å². The SMILES string of the molecule is O=Cc1c(OCc2ccccc2)nn(-c2ccccc2F)c1-c1ccc(F)nc1. The lowest BCUT2D eigenvalue weighted by atomic mass is 10.1. The minimum absolute atomic E-state index is 0.0476. The zero-order valence-electron chi connectivity index (χ0n) is 15.1. The highest BCUT2D eigenvalue weighted by molar-refractivity contribution is 5.89. The topological polar surface area (TPSA) is 57.0 Å². The first-order valence-electron chi connectivity index (χ1n) is 8.79. The number of rotatable bonds is 6. The van der Waals surface area contributed by atoms with Crippen LogP contribution in [-0.4, -0.2) is 21.1 Å². The number of ether oxygens (including phenoxy) is 1. The summed E-state index contributed by atoms with van der Waals surface area (Å²) < 4.78 is 34.8. The first-order valence-corrected chi connectivity index (χ1v) is 8.79. The van der Waals surface area contributed by atoms with Crippen LogP contribution in [0.1, 0.15) is 15.9 Å². The van der Waals surface area contributed by atoms with Crippen molar-refractivity contribution in [3.8, 4) is 22.8 Å². The van der Waals surface area contributed by atoms with Crippen molar-refractivity contribution in [2.75, 3.05) is 0 Å². The van der Waals surface area contributed by atoms with Gasteiger partial charge in [0.2, 0.25) is 11.8 Å². The van der Waals surface area contributed by atoms with Crippen LogP contribution in [0.5, 0.6) is 5.88 Å². The Morgan fingerprint density at radius 2 is 1.72 bits per heavy atom. The number of benzene rings is 2. The molecule has 29 heavy (non-hydrogen) atoms. The molecule has 0 saturated heterocycles. The van der Waals surface area contributed by atoms with E-state index in [2.05, 4.69) is 10.1 Å². The second-order valence-corrected chi connectivity index (χ2v) is 6.19. The van der Waals surface area contributed by atoms with E-state index in [9.17, 15) is 13.6 Å². The molecule has 0 amide bonds. The molecule has 0 bridgehead atoms. The van der Waals surface area contributed by atoms with Crippen LogP contribution in [-0.2, 0) is 6.61 Å². The van der Waals surface area contributed by atoms with Gasteiger partial charge in [0.15, 0.2) is 6.29 Å². The molecule has 2 aromatic carbocycles. The number of halogens is 2. The van der Waals surface area contributed by atoms with Gasteiger partial charge in [-0.15, -0.1) is 5.10 Å². The van der Waals surface area contributed by atoms with Crippen molar-refractivity contribution in [3.05, 3.63) is 95.8 Å². The summed E-state index contributed by atoms with van der Waals surface area (Å²) in [5.41, 5.74) is 1.80. The second kappa shape index (κ2) is 8.02. The molecule has 0 unspecified atom stereocenters. The Morgan fingerprint density at radius 1 is 0.966 bits per heavy atom. The summed E-state index contributed by atoms with van der Waals surface area (Å²) in [4.78, 5) is 15.5. The highest BCUT2D eigenvalue weighted by atomic mass is 19.1. The van der Waals surface area contributed by atoms with Gasteiger partial charge in [0.05, 0.1) is 5.69 Å². The third kappa shape index (κ3) is 3.75. The monoisotopic (exact) mass is 391 g/mol. The first-order chi connectivity index (χ1) is 14.2. The van der Waals surface area contributed by atoms with Crippen molar-refractivity contribution < 1.29 is 18.3 Å². The van der Waals surface area contributed by atoms with Gasteiger partial charge in [0.1, 0.15) is 23.7 Å². The summed E-state index contributed by atoms with van der Waals surface area (Å²) in [5.74, 6) is -1.15. The quantitative estimate of drug-likeness (QED) is 0.356. The second-order valence-electron chi connectivity index (χ2n) is 6.19. The number of hydrogen-bond donors (Lipinski definition) is 0. The van der Waals surface area contributed by atoms with Crippen LogP contribution in [0, 0.1) is 11.8 Å². The molecule has 0 fully saturated rings. The van der Waals surface area contributed by atoms with E-state index in [1.165, 1.54) is 29.1 Å². The maximum atomic E-state index is 14.5. The molecular formula is C22H15F2N3O2. The van der Waals surface area contributed by atoms with Crippen LogP contribution in [0.4, 0.5) is 8.78 Å². The lowest BCUT2D eigenvalue weighted by Crippen LogP contribution is -2.03. The van der Waals surface area contributed by atoms with Crippen molar-refractivity contribution in [2.24, 2.45) is 0 Å². The first kappa shape index (κ1) is 18.5. The van der Waals surface area contributed by atoms with Gasteiger partial charge in [-0.2, -0.15) is 4.39 Å². The van der Waals surface area contributed by atoms with Gasteiger partial charge in [0, 0.05) is 11.8 Å². The molecule has 2 aromatic heterocycles. The maximum Gasteiger partial charge on any atom is 0.244 e. The number of nitrogens with zero attached hydrogens (tertiary/aromatic N) is 3. The van der Waals surface area contributed by atoms with E-state index < -0.39 is 11.8 Å². The Balaban J connectivity index is 1.84. The molecule has 4 rings (SSSR count). The third-order valence-electron chi connectivity index (χ3n) is 4.31. The summed E-state index contributed by atoms with van der Waals surface area (Å²) in [6, 6.07) is 18.0. The standard InChI is InChI=1S/C22H15F2N3O2/c23-18-8-4-5-9-19(18)27-21(16-10-11-20(24)25-12-16)17(13-28)22(26-27)29-14-15-6-2-1-3-7-15/h1-13H,14H2. The smallest absolute Gasteiger partial charge is 0.244 e. The van der Waals surface area contributed by atoms with Crippen molar-refractivity contribution in [1.29, 1.82) is 0 Å². The van der Waals surface area contributed by atoms with Gasteiger partial charge in [0.25, 0.3) is 0 Å². The number of aldehydes is 1. The van der Waals surface area contributed by atoms with Gasteiger partial charge < -0.3 is 4.74 Å². The number of para-hydroxylation sites is 1. The lowest BCUT2D eigenvalue weighted by molar-refractivity contribution is 0.111. The normalized spacial score (nSPS) is 10.7. The van der Waals surface area contributed by atoms with E-state index >= 15 is 0 Å². The van der Waals surface area contributed by atoms with Gasteiger partial charge in [-0.3, -0.25) is 4.79 Å². The van der Waals surface area contributed by atoms with E-state index in [1.54, 1.807) is 12.1 Å². The van der Waals surface area contributed by atoms with Crippen molar-refractivity contribution in [3.63, 3.8) is 0 Å². The van der Waals surface area contributed by atoms with Crippen molar-refractivity contribution >= 4 is 6.29 Å². The summed E-state index contributed by atoms with van der Waals surface area (Å²) in [5, 5.41) is 4.33. The fourth-order valence-corrected chi connectivity index (χ4v) is 2.94. The fourth-order valence-electron chi connectivity index (χ4n) is 2.94. The van der Waals surface area contributed by atoms with Crippen molar-refractivity contribution in [2.45, 2.75) is 6.61 Å². The molecule has 4 aromatic rings. The Bertz CT molecular complexity index is 1140. The number of carbonyl (C=O) groups is 1. The zero-order chi connectivity index (χ0) is 20.2. The van der Waals surface area contributed by atoms with Gasteiger partial charge in [-0.1, -0.05) is 42.5 Å². The molecule has 0 spiro atoms. The molecule has 0 radical (unpaired) electrons. The van der Waals surface area contributed by atoms with Crippen LogP contribution in [0.25, 0.3) is 16.9 Å². The van der Waals surface area contributed by atoms with E-state index in [1.807, 2.05) is 30.3 Å². The summed E-state index contributed by atoms with van der Waals surface area (Å²) in [7, 11) is 0. The molecule has 7 heteroatoms. The van der Waals surface area contributed by atoms with Crippen LogP contribution in [0.15, 0.2) is 72.9 Å². The molecule has 0 aliphatic heterocycles.